The van der Waals surface area contributed by atoms with Crippen LogP contribution in [0.3, 0.4) is 0 Å². The van der Waals surface area contributed by atoms with Crippen LogP contribution in [0.15, 0.2) is 89.0 Å². The highest BCUT2D eigenvalue weighted by Crippen LogP contribution is 2.38. The molecule has 2 aliphatic heterocycles. The van der Waals surface area contributed by atoms with Crippen molar-refractivity contribution in [1.82, 2.24) is 5.01 Å². The van der Waals surface area contributed by atoms with E-state index in [0.29, 0.717) is 22.8 Å². The fraction of sp³-hybridized carbons (Fsp3) is 0.185. The van der Waals surface area contributed by atoms with Crippen LogP contribution in [0.25, 0.3) is 0 Å². The number of halogens is 1. The fourth-order valence-corrected chi connectivity index (χ4v) is 5.14. The van der Waals surface area contributed by atoms with Crippen LogP contribution in [-0.4, -0.2) is 33.0 Å². The Labute approximate surface area is 207 Å². The van der Waals surface area contributed by atoms with Crippen molar-refractivity contribution in [2.24, 2.45) is 10.1 Å². The first kappa shape index (κ1) is 23.0. The Bertz CT molecular complexity index is 1330. The fourth-order valence-electron chi connectivity index (χ4n) is 4.08. The molecule has 0 saturated carbocycles. The van der Waals surface area contributed by atoms with Crippen LogP contribution in [-0.2, 0) is 9.59 Å². The number of amidine groups is 1. The zero-order chi connectivity index (χ0) is 24.4. The predicted octanol–water partition coefficient (Wildman–Crippen LogP) is 5.31. The molecule has 2 amide bonds. The van der Waals surface area contributed by atoms with Gasteiger partial charge in [-0.15, -0.1) is 0 Å². The molecular formula is C27H23FN4O2S. The number of anilines is 1. The standard InChI is InChI=1S/C27H23FN4O2S/c1-17-12-13-20(14-21(17)28)29-25(33)16-24-26(34)30-27(35-24)32-23(19-10-6-3-7-11-19)15-22(31-32)18-8-4-2-5-9-18/h2-14,23-24H,15-16H2,1H3,(H,29,33). The summed E-state index contributed by atoms with van der Waals surface area (Å²) in [6.45, 7) is 1.65. The second-order valence-corrected chi connectivity index (χ2v) is 9.61. The van der Waals surface area contributed by atoms with E-state index < -0.39 is 11.1 Å². The van der Waals surface area contributed by atoms with Crippen LogP contribution in [0.1, 0.15) is 35.6 Å². The van der Waals surface area contributed by atoms with Gasteiger partial charge in [0.2, 0.25) is 5.91 Å². The van der Waals surface area contributed by atoms with Crippen molar-refractivity contribution in [1.29, 1.82) is 0 Å². The van der Waals surface area contributed by atoms with E-state index in [2.05, 4.69) is 10.3 Å². The first-order chi connectivity index (χ1) is 17.0. The quantitative estimate of drug-likeness (QED) is 0.530. The number of hydrazone groups is 1. The molecule has 5 rings (SSSR count). The Morgan fingerprint density at radius 2 is 1.80 bits per heavy atom. The molecule has 0 aliphatic carbocycles. The van der Waals surface area contributed by atoms with Gasteiger partial charge in [0.15, 0.2) is 5.17 Å². The predicted molar refractivity (Wildman–Crippen MR) is 137 cm³/mol. The number of hydrogen-bond donors (Lipinski definition) is 1. The first-order valence-corrected chi connectivity index (χ1v) is 12.2. The van der Waals surface area contributed by atoms with Crippen molar-refractivity contribution in [3.63, 3.8) is 0 Å². The van der Waals surface area contributed by atoms with Gasteiger partial charge in [0.05, 0.1) is 11.8 Å². The number of thioether (sulfide) groups is 1. The first-order valence-electron chi connectivity index (χ1n) is 11.3. The Hall–Kier alpha value is -3.78. The molecule has 0 saturated heterocycles. The monoisotopic (exact) mass is 486 g/mol. The number of nitrogens with zero attached hydrogens (tertiary/aromatic N) is 3. The second-order valence-electron chi connectivity index (χ2n) is 8.44. The van der Waals surface area contributed by atoms with Crippen LogP contribution in [0.5, 0.6) is 0 Å². The zero-order valence-electron chi connectivity index (χ0n) is 19.0. The Balaban J connectivity index is 1.32. The lowest BCUT2D eigenvalue weighted by molar-refractivity contribution is -0.121. The van der Waals surface area contributed by atoms with Crippen molar-refractivity contribution in [3.8, 4) is 0 Å². The van der Waals surface area contributed by atoms with Crippen molar-refractivity contribution in [3.05, 3.63) is 101 Å². The average Bonchev–Trinajstić information content (AvgIpc) is 3.47. The molecule has 0 fully saturated rings. The molecule has 0 radical (unpaired) electrons. The topological polar surface area (TPSA) is 74.1 Å². The Kier molecular flexibility index (Phi) is 6.46. The molecule has 0 bridgehead atoms. The zero-order valence-corrected chi connectivity index (χ0v) is 19.8. The lowest BCUT2D eigenvalue weighted by Crippen LogP contribution is -2.25. The van der Waals surface area contributed by atoms with Crippen molar-refractivity contribution >= 4 is 40.1 Å². The van der Waals surface area contributed by atoms with Crippen LogP contribution in [0.2, 0.25) is 0 Å². The number of aliphatic imine (C=N–C) groups is 1. The van der Waals surface area contributed by atoms with E-state index in [0.717, 1.165) is 16.8 Å². The van der Waals surface area contributed by atoms with Gasteiger partial charge in [0.25, 0.3) is 5.91 Å². The summed E-state index contributed by atoms with van der Waals surface area (Å²) in [5.74, 6) is -1.14. The van der Waals surface area contributed by atoms with Crippen LogP contribution in [0.4, 0.5) is 10.1 Å². The molecule has 0 spiro atoms. The van der Waals surface area contributed by atoms with Crippen LogP contribution >= 0.6 is 11.8 Å². The van der Waals surface area contributed by atoms with Crippen LogP contribution < -0.4 is 5.32 Å². The van der Waals surface area contributed by atoms with Gasteiger partial charge in [0.1, 0.15) is 11.1 Å². The number of aryl methyl sites for hydroxylation is 1. The van der Waals surface area contributed by atoms with Crippen molar-refractivity contribution in [2.75, 3.05) is 5.32 Å². The molecular weight excluding hydrogens is 463 g/mol. The summed E-state index contributed by atoms with van der Waals surface area (Å²) in [6.07, 6.45) is 0.608. The van der Waals surface area contributed by atoms with E-state index in [9.17, 15) is 14.0 Å². The van der Waals surface area contributed by atoms with Gasteiger partial charge in [-0.3, -0.25) is 9.59 Å². The van der Waals surface area contributed by atoms with E-state index in [4.69, 9.17) is 5.10 Å². The maximum Gasteiger partial charge on any atom is 0.262 e. The van der Waals surface area contributed by atoms with Gasteiger partial charge < -0.3 is 5.32 Å². The third-order valence-electron chi connectivity index (χ3n) is 5.95. The van der Waals surface area contributed by atoms with Gasteiger partial charge in [0, 0.05) is 18.5 Å². The third kappa shape index (κ3) is 5.02. The molecule has 3 aromatic carbocycles. The molecule has 6 nitrogen and oxygen atoms in total. The SMILES string of the molecule is Cc1ccc(NC(=O)CC2SC(N3N=C(c4ccccc4)CC3c3ccccc3)=NC2=O)cc1F. The maximum absolute atomic E-state index is 13.8. The summed E-state index contributed by atoms with van der Waals surface area (Å²) in [4.78, 5) is 29.5. The Morgan fingerprint density at radius 3 is 2.51 bits per heavy atom. The van der Waals surface area contributed by atoms with E-state index in [1.54, 1.807) is 24.1 Å². The highest BCUT2D eigenvalue weighted by atomic mass is 32.2. The minimum atomic E-state index is -0.660. The van der Waals surface area contributed by atoms with Gasteiger partial charge in [-0.1, -0.05) is 78.5 Å². The number of carbonyl (C=O) groups excluding carboxylic acids is 2. The van der Waals surface area contributed by atoms with E-state index >= 15 is 0 Å². The summed E-state index contributed by atoms with van der Waals surface area (Å²) in [7, 11) is 0. The number of carbonyl (C=O) groups is 2. The van der Waals surface area contributed by atoms with Gasteiger partial charge in [-0.2, -0.15) is 10.1 Å². The number of benzene rings is 3. The van der Waals surface area contributed by atoms with Crippen molar-refractivity contribution < 1.29 is 14.0 Å². The number of nitrogens with one attached hydrogen (secondary N) is 1. The third-order valence-corrected chi connectivity index (χ3v) is 7.10. The molecule has 2 heterocycles. The highest BCUT2D eigenvalue weighted by Gasteiger charge is 2.39. The highest BCUT2D eigenvalue weighted by molar-refractivity contribution is 8.15. The Morgan fingerprint density at radius 1 is 1.09 bits per heavy atom. The minimum absolute atomic E-state index is 0.0644. The summed E-state index contributed by atoms with van der Waals surface area (Å²) < 4.78 is 13.8. The molecule has 2 unspecified atom stereocenters. The smallest absolute Gasteiger partial charge is 0.262 e. The normalized spacial score (nSPS) is 19.5. The summed E-state index contributed by atoms with van der Waals surface area (Å²) in [5, 5.41) is 9.12. The van der Waals surface area contributed by atoms with E-state index in [-0.39, 0.29) is 24.3 Å². The summed E-state index contributed by atoms with van der Waals surface area (Å²) in [6, 6.07) is 24.3. The molecule has 0 aromatic heterocycles. The van der Waals surface area contributed by atoms with E-state index in [1.807, 2.05) is 60.7 Å². The minimum Gasteiger partial charge on any atom is -0.326 e. The molecule has 3 aromatic rings. The lowest BCUT2D eigenvalue weighted by Gasteiger charge is -2.23. The van der Waals surface area contributed by atoms with Gasteiger partial charge in [-0.05, 0) is 35.7 Å². The summed E-state index contributed by atoms with van der Waals surface area (Å²) in [5.41, 5.74) is 3.86. The second kappa shape index (κ2) is 9.84. The molecule has 176 valence electrons. The molecule has 2 aliphatic rings. The maximum atomic E-state index is 13.8. The lowest BCUT2D eigenvalue weighted by atomic mass is 9.99. The molecule has 2 atom stereocenters. The average molecular weight is 487 g/mol. The molecule has 35 heavy (non-hydrogen) atoms. The molecule has 1 N–H and O–H groups in total. The van der Waals surface area contributed by atoms with Crippen LogP contribution in [0, 0.1) is 12.7 Å². The van der Waals surface area contributed by atoms with Gasteiger partial charge in [-0.25, -0.2) is 9.40 Å². The van der Waals surface area contributed by atoms with E-state index in [1.165, 1.54) is 17.8 Å². The number of amides is 2. The number of hydrogen-bond acceptors (Lipinski definition) is 5. The molecule has 8 heteroatoms. The van der Waals surface area contributed by atoms with Crippen molar-refractivity contribution in [2.45, 2.75) is 31.1 Å². The number of rotatable bonds is 5. The largest absolute Gasteiger partial charge is 0.326 e. The van der Waals surface area contributed by atoms with Gasteiger partial charge >= 0.3 is 0 Å². The summed E-state index contributed by atoms with van der Waals surface area (Å²) >= 11 is 1.24.